The first-order valence-corrected chi connectivity index (χ1v) is 8.25. The number of amides is 1. The Kier molecular flexibility index (Phi) is 5.32. The van der Waals surface area contributed by atoms with E-state index in [9.17, 15) is 18.3 Å². The molecule has 0 unspecified atom stereocenters. The Morgan fingerprint density at radius 3 is 2.17 bits per heavy atom. The number of nitrogens with one attached hydrogen (secondary N) is 1. The molecule has 0 aliphatic carbocycles. The first kappa shape index (κ1) is 16.9. The van der Waals surface area contributed by atoms with Crippen LogP contribution in [-0.4, -0.2) is 36.5 Å². The second-order valence-electron chi connectivity index (χ2n) is 4.66. The van der Waals surface area contributed by atoms with Crippen LogP contribution in [0.2, 0.25) is 0 Å². The molecule has 7 nitrogen and oxygen atoms in total. The minimum Gasteiger partial charge on any atom is -0.457 e. The maximum absolute atomic E-state index is 12.1. The highest BCUT2D eigenvalue weighted by Crippen LogP contribution is 2.23. The minimum absolute atomic E-state index is 0.0669. The van der Waals surface area contributed by atoms with Crippen molar-refractivity contribution in [2.45, 2.75) is 11.0 Å². The molecule has 0 spiro atoms. The lowest BCUT2D eigenvalue weighted by molar-refractivity contribution is -0.136. The molecule has 0 saturated heterocycles. The molecule has 1 atom stereocenters. The highest BCUT2D eigenvalue weighted by molar-refractivity contribution is 7.91. The average molecular weight is 337 g/mol. The zero-order valence-corrected chi connectivity index (χ0v) is 12.7. The van der Waals surface area contributed by atoms with Crippen molar-refractivity contribution in [1.82, 2.24) is 5.48 Å². The van der Waals surface area contributed by atoms with Gasteiger partial charge in [0.1, 0.15) is 17.6 Å². The summed E-state index contributed by atoms with van der Waals surface area (Å²) in [4.78, 5) is 10.9. The largest absolute Gasteiger partial charge is 0.457 e. The van der Waals surface area contributed by atoms with Crippen molar-refractivity contribution in [3.05, 3.63) is 54.6 Å². The normalized spacial score (nSPS) is 12.4. The van der Waals surface area contributed by atoms with E-state index in [0.29, 0.717) is 11.5 Å². The van der Waals surface area contributed by atoms with Gasteiger partial charge in [0.2, 0.25) is 0 Å². The lowest BCUT2D eigenvalue weighted by atomic mass is 10.3. The molecule has 0 aliphatic rings. The predicted molar refractivity (Wildman–Crippen MR) is 80.9 cm³/mol. The zero-order chi connectivity index (χ0) is 16.9. The highest BCUT2D eigenvalue weighted by atomic mass is 32.2. The second-order valence-corrected chi connectivity index (χ2v) is 6.69. The number of carbonyl (C=O) groups is 1. The van der Waals surface area contributed by atoms with Gasteiger partial charge in [-0.3, -0.25) is 10.0 Å². The molecule has 0 saturated carbocycles. The average Bonchev–Trinajstić information content (AvgIpc) is 2.55. The SMILES string of the molecule is O=C(NO)[C@@H](O)CS(=O)(=O)c1ccc(Oc2ccccc2)cc1. The summed E-state index contributed by atoms with van der Waals surface area (Å²) in [6, 6.07) is 14.5. The van der Waals surface area contributed by atoms with Crippen LogP contribution in [0.3, 0.4) is 0 Å². The van der Waals surface area contributed by atoms with Crippen LogP contribution in [0.15, 0.2) is 59.5 Å². The summed E-state index contributed by atoms with van der Waals surface area (Å²) >= 11 is 0. The van der Waals surface area contributed by atoms with Crippen LogP contribution in [0.5, 0.6) is 11.5 Å². The number of benzene rings is 2. The topological polar surface area (TPSA) is 113 Å². The third-order valence-electron chi connectivity index (χ3n) is 2.95. The smallest absolute Gasteiger partial charge is 0.273 e. The van der Waals surface area contributed by atoms with Gasteiger partial charge in [-0.15, -0.1) is 0 Å². The fraction of sp³-hybridized carbons (Fsp3) is 0.133. The van der Waals surface area contributed by atoms with Gasteiger partial charge in [0.25, 0.3) is 5.91 Å². The summed E-state index contributed by atoms with van der Waals surface area (Å²) < 4.78 is 29.7. The van der Waals surface area contributed by atoms with E-state index in [2.05, 4.69) is 0 Å². The monoisotopic (exact) mass is 337 g/mol. The Bertz CT molecular complexity index is 758. The Labute approximate surface area is 133 Å². The summed E-state index contributed by atoms with van der Waals surface area (Å²) in [5.74, 6) is -0.960. The Morgan fingerprint density at radius 2 is 1.61 bits per heavy atom. The molecule has 0 fully saturated rings. The van der Waals surface area contributed by atoms with Gasteiger partial charge in [-0.05, 0) is 36.4 Å². The first-order chi connectivity index (χ1) is 10.9. The van der Waals surface area contributed by atoms with E-state index in [1.54, 1.807) is 12.1 Å². The van der Waals surface area contributed by atoms with Gasteiger partial charge in [0, 0.05) is 0 Å². The molecule has 122 valence electrons. The van der Waals surface area contributed by atoms with Crippen molar-refractivity contribution >= 4 is 15.7 Å². The van der Waals surface area contributed by atoms with Crippen LogP contribution >= 0.6 is 0 Å². The van der Waals surface area contributed by atoms with Crippen LogP contribution < -0.4 is 10.2 Å². The Morgan fingerprint density at radius 1 is 1.04 bits per heavy atom. The fourth-order valence-electron chi connectivity index (χ4n) is 1.79. The molecule has 2 rings (SSSR count). The molecule has 2 aromatic rings. The standard InChI is InChI=1S/C15H15NO6S/c17-14(15(18)16-19)10-23(20,21)13-8-6-12(7-9-13)22-11-4-2-1-3-5-11/h1-9,14,17,19H,10H2,(H,16,18)/t14-/m0/s1. The fourth-order valence-corrected chi connectivity index (χ4v) is 3.10. The predicted octanol–water partition coefficient (Wildman–Crippen LogP) is 1.12. The quantitative estimate of drug-likeness (QED) is 0.538. The van der Waals surface area contributed by atoms with Gasteiger partial charge in [-0.2, -0.15) is 0 Å². The van der Waals surface area contributed by atoms with Gasteiger partial charge in [-0.25, -0.2) is 13.9 Å². The number of hydrogen-bond donors (Lipinski definition) is 3. The molecule has 0 aliphatic heterocycles. The van der Waals surface area contributed by atoms with E-state index in [-0.39, 0.29) is 4.90 Å². The number of para-hydroxylation sites is 1. The lowest BCUT2D eigenvalue weighted by Gasteiger charge is -2.10. The number of rotatable bonds is 6. The lowest BCUT2D eigenvalue weighted by Crippen LogP contribution is -2.37. The summed E-state index contributed by atoms with van der Waals surface area (Å²) in [6.07, 6.45) is -1.86. The van der Waals surface area contributed by atoms with E-state index in [1.807, 2.05) is 18.2 Å². The van der Waals surface area contributed by atoms with Crippen molar-refractivity contribution in [2.75, 3.05) is 5.75 Å². The van der Waals surface area contributed by atoms with Gasteiger partial charge in [-0.1, -0.05) is 18.2 Å². The number of sulfone groups is 1. The number of hydroxylamine groups is 1. The van der Waals surface area contributed by atoms with Gasteiger partial charge >= 0.3 is 0 Å². The number of carbonyl (C=O) groups excluding carboxylic acids is 1. The minimum atomic E-state index is -3.88. The first-order valence-electron chi connectivity index (χ1n) is 6.60. The highest BCUT2D eigenvalue weighted by Gasteiger charge is 2.24. The number of hydrogen-bond acceptors (Lipinski definition) is 6. The second kappa shape index (κ2) is 7.23. The van der Waals surface area contributed by atoms with Crippen LogP contribution in [0.4, 0.5) is 0 Å². The molecule has 0 radical (unpaired) electrons. The van der Waals surface area contributed by atoms with E-state index >= 15 is 0 Å². The molecule has 3 N–H and O–H groups in total. The molecule has 23 heavy (non-hydrogen) atoms. The summed E-state index contributed by atoms with van der Waals surface area (Å²) in [7, 11) is -3.88. The number of aliphatic hydroxyl groups is 1. The van der Waals surface area contributed by atoms with Crippen molar-refractivity contribution < 1.29 is 28.3 Å². The van der Waals surface area contributed by atoms with Crippen LogP contribution in [0, 0.1) is 0 Å². The van der Waals surface area contributed by atoms with Crippen molar-refractivity contribution in [2.24, 2.45) is 0 Å². The van der Waals surface area contributed by atoms with Crippen LogP contribution in [-0.2, 0) is 14.6 Å². The Balaban J connectivity index is 2.10. The summed E-state index contributed by atoms with van der Waals surface area (Å²) in [5.41, 5.74) is 1.20. The summed E-state index contributed by atoms with van der Waals surface area (Å²) in [5, 5.41) is 17.8. The third kappa shape index (κ3) is 4.52. The molecule has 0 bridgehead atoms. The van der Waals surface area contributed by atoms with Gasteiger partial charge in [0.15, 0.2) is 9.84 Å². The molecule has 0 aromatic heterocycles. The summed E-state index contributed by atoms with van der Waals surface area (Å²) in [6.45, 7) is 0. The van der Waals surface area contributed by atoms with E-state index in [1.165, 1.54) is 29.7 Å². The zero-order valence-electron chi connectivity index (χ0n) is 11.9. The number of aliphatic hydroxyl groups excluding tert-OH is 1. The van der Waals surface area contributed by atoms with Gasteiger partial charge < -0.3 is 9.84 Å². The molecule has 2 aromatic carbocycles. The molecular formula is C15H15NO6S. The molecule has 8 heteroatoms. The van der Waals surface area contributed by atoms with Gasteiger partial charge in [0.05, 0.1) is 10.6 Å². The van der Waals surface area contributed by atoms with Crippen LogP contribution in [0.1, 0.15) is 0 Å². The maximum atomic E-state index is 12.1. The van der Waals surface area contributed by atoms with E-state index < -0.39 is 27.6 Å². The Hall–Kier alpha value is -2.42. The molecule has 0 heterocycles. The van der Waals surface area contributed by atoms with Crippen molar-refractivity contribution in [1.29, 1.82) is 0 Å². The number of ether oxygens (including phenoxy) is 1. The van der Waals surface area contributed by atoms with Crippen LogP contribution in [0.25, 0.3) is 0 Å². The van der Waals surface area contributed by atoms with E-state index in [0.717, 1.165) is 0 Å². The van der Waals surface area contributed by atoms with Crippen molar-refractivity contribution in [3.63, 3.8) is 0 Å². The molecule has 1 amide bonds. The maximum Gasteiger partial charge on any atom is 0.273 e. The molecular weight excluding hydrogens is 322 g/mol. The van der Waals surface area contributed by atoms with E-state index in [4.69, 9.17) is 9.94 Å². The van der Waals surface area contributed by atoms with Crippen molar-refractivity contribution in [3.8, 4) is 11.5 Å². The third-order valence-corrected chi connectivity index (χ3v) is 4.70.